The molecule has 0 amide bonds. The van der Waals surface area contributed by atoms with Crippen LogP contribution in [0.15, 0.2) is 27.8 Å². The summed E-state index contributed by atoms with van der Waals surface area (Å²) in [5.74, 6) is 0.824. The number of hydrogen-bond acceptors (Lipinski definition) is 4. The maximum absolute atomic E-state index is 5.28. The monoisotopic (exact) mass is 298 g/mol. The first-order valence-electron chi connectivity index (χ1n) is 5.50. The van der Waals surface area contributed by atoms with E-state index in [0.29, 0.717) is 0 Å². The molecule has 0 aliphatic carbocycles. The fourth-order valence-electron chi connectivity index (χ4n) is 1.62. The zero-order chi connectivity index (χ0) is 12.1. The number of hydrogen-bond donors (Lipinski definition) is 0. The van der Waals surface area contributed by atoms with E-state index < -0.39 is 0 Å². The summed E-state index contributed by atoms with van der Waals surface area (Å²) < 4.78 is 11.6. The highest BCUT2D eigenvalue weighted by molar-refractivity contribution is 9.10. The van der Waals surface area contributed by atoms with Crippen LogP contribution in [-0.4, -0.2) is 44.6 Å². The largest absolute Gasteiger partial charge is 0.496 e. The van der Waals surface area contributed by atoms with E-state index in [9.17, 15) is 0 Å². The first-order chi connectivity index (χ1) is 8.29. The Morgan fingerprint density at radius 2 is 2.18 bits per heavy atom. The highest BCUT2D eigenvalue weighted by Gasteiger charge is 2.07. The molecular weight excluding hydrogens is 284 g/mol. The Kier molecular flexibility index (Phi) is 4.39. The SMILES string of the molecule is COc1ccc(Br)cc1C=NN1CCOCC1. The predicted molar refractivity (Wildman–Crippen MR) is 70.7 cm³/mol. The molecule has 4 nitrogen and oxygen atoms in total. The van der Waals surface area contributed by atoms with Gasteiger partial charge in [-0.2, -0.15) is 5.10 Å². The summed E-state index contributed by atoms with van der Waals surface area (Å²) >= 11 is 3.44. The molecule has 0 aromatic heterocycles. The maximum atomic E-state index is 5.28. The molecule has 1 aromatic carbocycles. The summed E-state index contributed by atoms with van der Waals surface area (Å²) in [6, 6.07) is 5.86. The molecule has 0 spiro atoms. The van der Waals surface area contributed by atoms with Crippen molar-refractivity contribution in [2.45, 2.75) is 0 Å². The van der Waals surface area contributed by atoms with Gasteiger partial charge in [0.1, 0.15) is 5.75 Å². The smallest absolute Gasteiger partial charge is 0.127 e. The molecule has 0 radical (unpaired) electrons. The highest BCUT2D eigenvalue weighted by atomic mass is 79.9. The number of rotatable bonds is 3. The molecule has 0 saturated carbocycles. The fourth-order valence-corrected chi connectivity index (χ4v) is 2.00. The van der Waals surface area contributed by atoms with Crippen molar-refractivity contribution in [3.8, 4) is 5.75 Å². The van der Waals surface area contributed by atoms with Gasteiger partial charge in [-0.15, -0.1) is 0 Å². The van der Waals surface area contributed by atoms with Crippen molar-refractivity contribution in [3.05, 3.63) is 28.2 Å². The van der Waals surface area contributed by atoms with Gasteiger partial charge in [0, 0.05) is 10.0 Å². The van der Waals surface area contributed by atoms with Gasteiger partial charge in [-0.05, 0) is 18.2 Å². The van der Waals surface area contributed by atoms with Crippen LogP contribution >= 0.6 is 15.9 Å². The van der Waals surface area contributed by atoms with Crippen LogP contribution in [0.1, 0.15) is 5.56 Å². The number of hydrazone groups is 1. The van der Waals surface area contributed by atoms with Crippen LogP contribution in [-0.2, 0) is 4.74 Å². The maximum Gasteiger partial charge on any atom is 0.127 e. The van der Waals surface area contributed by atoms with Crippen LogP contribution in [0, 0.1) is 0 Å². The molecule has 0 N–H and O–H groups in total. The van der Waals surface area contributed by atoms with Crippen LogP contribution in [0.5, 0.6) is 5.75 Å². The molecule has 17 heavy (non-hydrogen) atoms. The van der Waals surface area contributed by atoms with E-state index in [1.165, 1.54) is 0 Å². The number of benzene rings is 1. The lowest BCUT2D eigenvalue weighted by molar-refractivity contribution is 0.0397. The van der Waals surface area contributed by atoms with E-state index in [2.05, 4.69) is 21.0 Å². The Hall–Kier alpha value is -1.07. The molecule has 0 atom stereocenters. The van der Waals surface area contributed by atoms with Crippen LogP contribution in [0.2, 0.25) is 0 Å². The molecule has 1 aliphatic rings. The predicted octanol–water partition coefficient (Wildman–Crippen LogP) is 2.12. The molecule has 0 bridgehead atoms. The second-order valence-electron chi connectivity index (χ2n) is 3.70. The number of halogens is 1. The van der Waals surface area contributed by atoms with Gasteiger partial charge < -0.3 is 9.47 Å². The van der Waals surface area contributed by atoms with E-state index in [1.807, 2.05) is 29.4 Å². The zero-order valence-electron chi connectivity index (χ0n) is 9.73. The molecular formula is C12H15BrN2O2. The van der Waals surface area contributed by atoms with Gasteiger partial charge in [-0.1, -0.05) is 15.9 Å². The Morgan fingerprint density at radius 1 is 1.41 bits per heavy atom. The van der Waals surface area contributed by atoms with Crippen molar-refractivity contribution >= 4 is 22.1 Å². The highest BCUT2D eigenvalue weighted by Crippen LogP contribution is 2.21. The van der Waals surface area contributed by atoms with Crippen LogP contribution < -0.4 is 4.74 Å². The number of methoxy groups -OCH3 is 1. The summed E-state index contributed by atoms with van der Waals surface area (Å²) in [6.45, 7) is 3.17. The Morgan fingerprint density at radius 3 is 2.88 bits per heavy atom. The molecule has 1 fully saturated rings. The van der Waals surface area contributed by atoms with Crippen molar-refractivity contribution in [2.24, 2.45) is 5.10 Å². The molecule has 1 aliphatic heterocycles. The average Bonchev–Trinajstić information content (AvgIpc) is 2.38. The molecule has 2 rings (SSSR count). The third-order valence-electron chi connectivity index (χ3n) is 2.54. The lowest BCUT2D eigenvalue weighted by Crippen LogP contribution is -2.32. The summed E-state index contributed by atoms with van der Waals surface area (Å²) in [4.78, 5) is 0. The van der Waals surface area contributed by atoms with Crippen molar-refractivity contribution < 1.29 is 9.47 Å². The summed E-state index contributed by atoms with van der Waals surface area (Å²) in [7, 11) is 1.66. The van der Waals surface area contributed by atoms with E-state index in [1.54, 1.807) is 7.11 Å². The van der Waals surface area contributed by atoms with Gasteiger partial charge in [-0.25, -0.2) is 0 Å². The van der Waals surface area contributed by atoms with E-state index in [4.69, 9.17) is 9.47 Å². The van der Waals surface area contributed by atoms with E-state index >= 15 is 0 Å². The third kappa shape index (κ3) is 3.44. The second kappa shape index (κ2) is 6.02. The van der Waals surface area contributed by atoms with Gasteiger partial charge in [0.25, 0.3) is 0 Å². The zero-order valence-corrected chi connectivity index (χ0v) is 11.3. The molecule has 1 saturated heterocycles. The molecule has 1 heterocycles. The van der Waals surface area contributed by atoms with Crippen molar-refractivity contribution in [3.63, 3.8) is 0 Å². The quantitative estimate of drug-likeness (QED) is 0.802. The van der Waals surface area contributed by atoms with E-state index in [-0.39, 0.29) is 0 Å². The lowest BCUT2D eigenvalue weighted by atomic mass is 10.2. The minimum atomic E-state index is 0.743. The van der Waals surface area contributed by atoms with E-state index in [0.717, 1.165) is 42.1 Å². The van der Waals surface area contributed by atoms with Gasteiger partial charge in [0.05, 0.1) is 39.6 Å². The average molecular weight is 299 g/mol. The topological polar surface area (TPSA) is 34.1 Å². The van der Waals surface area contributed by atoms with Crippen molar-refractivity contribution in [1.82, 2.24) is 5.01 Å². The number of nitrogens with zero attached hydrogens (tertiary/aromatic N) is 2. The lowest BCUT2D eigenvalue weighted by Gasteiger charge is -2.23. The Labute approximate surface area is 109 Å². The second-order valence-corrected chi connectivity index (χ2v) is 4.61. The first-order valence-corrected chi connectivity index (χ1v) is 6.29. The van der Waals surface area contributed by atoms with Gasteiger partial charge in [-0.3, -0.25) is 5.01 Å². The summed E-state index contributed by atoms with van der Waals surface area (Å²) in [5, 5.41) is 6.43. The standard InChI is InChI=1S/C12H15BrN2O2/c1-16-12-3-2-11(13)8-10(12)9-14-15-4-6-17-7-5-15/h2-3,8-9H,4-7H2,1H3. The molecule has 0 unspecified atom stereocenters. The third-order valence-corrected chi connectivity index (χ3v) is 3.03. The Balaban J connectivity index is 2.10. The summed E-state index contributed by atoms with van der Waals surface area (Å²) in [5.41, 5.74) is 0.966. The summed E-state index contributed by atoms with van der Waals surface area (Å²) in [6.07, 6.45) is 1.83. The van der Waals surface area contributed by atoms with Gasteiger partial charge in [0.2, 0.25) is 0 Å². The number of ether oxygens (including phenoxy) is 2. The van der Waals surface area contributed by atoms with Crippen LogP contribution in [0.3, 0.4) is 0 Å². The first kappa shape index (κ1) is 12.4. The van der Waals surface area contributed by atoms with Crippen LogP contribution in [0.25, 0.3) is 0 Å². The molecule has 1 aromatic rings. The van der Waals surface area contributed by atoms with Crippen LogP contribution in [0.4, 0.5) is 0 Å². The normalized spacial score (nSPS) is 16.5. The Bertz CT molecular complexity index is 403. The van der Waals surface area contributed by atoms with Crippen molar-refractivity contribution in [1.29, 1.82) is 0 Å². The minimum absolute atomic E-state index is 0.743. The number of morpholine rings is 1. The van der Waals surface area contributed by atoms with Gasteiger partial charge in [0.15, 0.2) is 0 Å². The molecule has 5 heteroatoms. The fraction of sp³-hybridized carbons (Fsp3) is 0.417. The molecule has 92 valence electrons. The van der Waals surface area contributed by atoms with Crippen molar-refractivity contribution in [2.75, 3.05) is 33.4 Å². The van der Waals surface area contributed by atoms with Gasteiger partial charge >= 0.3 is 0 Å². The minimum Gasteiger partial charge on any atom is -0.496 e.